The minimum atomic E-state index is -1.18. The standard InChI is InChI=1S/C13H13NO4/c15-10-7-8-3-1-2-4-9(8)13(10)14-11(16)5-6-12(17)18/h1-6,10,13,15H,7H2,(H,14,16)(H,17,18)/b6-5+/t10-,13+/m0/s1. The van der Waals surface area contributed by atoms with E-state index in [1.165, 1.54) is 0 Å². The molecule has 1 aliphatic rings. The number of carbonyl (C=O) groups excluding carboxylic acids is 1. The second-order valence-electron chi connectivity index (χ2n) is 4.13. The first-order valence-corrected chi connectivity index (χ1v) is 5.55. The van der Waals surface area contributed by atoms with Crippen LogP contribution < -0.4 is 5.32 Å². The predicted octanol–water partition coefficient (Wildman–Crippen LogP) is 0.402. The molecule has 0 heterocycles. The zero-order valence-corrected chi connectivity index (χ0v) is 9.54. The van der Waals surface area contributed by atoms with Crippen molar-refractivity contribution in [3.63, 3.8) is 0 Å². The van der Waals surface area contributed by atoms with E-state index >= 15 is 0 Å². The normalized spacial score (nSPS) is 21.8. The van der Waals surface area contributed by atoms with E-state index in [-0.39, 0.29) is 0 Å². The number of carboxylic acids is 1. The lowest BCUT2D eigenvalue weighted by Gasteiger charge is -2.16. The van der Waals surface area contributed by atoms with Gasteiger partial charge in [-0.3, -0.25) is 4.79 Å². The number of rotatable bonds is 3. The lowest BCUT2D eigenvalue weighted by Crippen LogP contribution is -2.32. The van der Waals surface area contributed by atoms with E-state index < -0.39 is 24.0 Å². The fourth-order valence-electron chi connectivity index (χ4n) is 2.10. The van der Waals surface area contributed by atoms with Crippen molar-refractivity contribution >= 4 is 11.9 Å². The molecular weight excluding hydrogens is 234 g/mol. The van der Waals surface area contributed by atoms with Crippen LogP contribution in [0.5, 0.6) is 0 Å². The average molecular weight is 247 g/mol. The molecule has 0 radical (unpaired) electrons. The van der Waals surface area contributed by atoms with Crippen LogP contribution in [-0.4, -0.2) is 28.2 Å². The van der Waals surface area contributed by atoms with Gasteiger partial charge in [-0.2, -0.15) is 0 Å². The third-order valence-electron chi connectivity index (χ3n) is 2.88. The van der Waals surface area contributed by atoms with Crippen molar-refractivity contribution in [1.82, 2.24) is 5.32 Å². The Morgan fingerprint density at radius 2 is 2.00 bits per heavy atom. The minimum Gasteiger partial charge on any atom is -0.478 e. The van der Waals surface area contributed by atoms with Crippen LogP contribution in [0.15, 0.2) is 36.4 Å². The van der Waals surface area contributed by atoms with Crippen molar-refractivity contribution < 1.29 is 19.8 Å². The van der Waals surface area contributed by atoms with Crippen LogP contribution in [0.2, 0.25) is 0 Å². The van der Waals surface area contributed by atoms with Gasteiger partial charge in [-0.05, 0) is 11.1 Å². The monoisotopic (exact) mass is 247 g/mol. The molecule has 1 amide bonds. The molecule has 5 heteroatoms. The third-order valence-corrected chi connectivity index (χ3v) is 2.88. The van der Waals surface area contributed by atoms with Crippen molar-refractivity contribution in [2.45, 2.75) is 18.6 Å². The van der Waals surface area contributed by atoms with Crippen molar-refractivity contribution in [2.75, 3.05) is 0 Å². The van der Waals surface area contributed by atoms with Gasteiger partial charge in [0, 0.05) is 18.6 Å². The summed E-state index contributed by atoms with van der Waals surface area (Å²) in [6.07, 6.45) is 1.52. The van der Waals surface area contributed by atoms with Crippen molar-refractivity contribution in [3.05, 3.63) is 47.5 Å². The third kappa shape index (κ3) is 2.57. The molecule has 3 N–H and O–H groups in total. The Morgan fingerprint density at radius 3 is 2.72 bits per heavy atom. The zero-order chi connectivity index (χ0) is 13.1. The molecule has 0 aromatic heterocycles. The average Bonchev–Trinajstić information content (AvgIpc) is 2.64. The van der Waals surface area contributed by atoms with Gasteiger partial charge in [0.2, 0.25) is 5.91 Å². The van der Waals surface area contributed by atoms with Gasteiger partial charge in [0.25, 0.3) is 0 Å². The number of fused-ring (bicyclic) bond motifs is 1. The Bertz CT molecular complexity index is 509. The molecule has 0 saturated carbocycles. The Labute approximate surface area is 104 Å². The first kappa shape index (κ1) is 12.3. The van der Waals surface area contributed by atoms with Crippen LogP contribution in [0.25, 0.3) is 0 Å². The van der Waals surface area contributed by atoms with Crippen LogP contribution in [0.3, 0.4) is 0 Å². The van der Waals surface area contributed by atoms with E-state index in [0.29, 0.717) is 6.42 Å². The van der Waals surface area contributed by atoms with Crippen LogP contribution in [0.1, 0.15) is 17.2 Å². The molecule has 94 valence electrons. The summed E-state index contributed by atoms with van der Waals surface area (Å²) < 4.78 is 0. The zero-order valence-electron chi connectivity index (χ0n) is 9.54. The number of hydrogen-bond donors (Lipinski definition) is 3. The van der Waals surface area contributed by atoms with Gasteiger partial charge < -0.3 is 15.5 Å². The van der Waals surface area contributed by atoms with E-state index in [2.05, 4.69) is 5.32 Å². The molecule has 1 aromatic carbocycles. The summed E-state index contributed by atoms with van der Waals surface area (Å²) in [4.78, 5) is 21.8. The Kier molecular flexibility index (Phi) is 3.43. The molecule has 0 spiro atoms. The van der Waals surface area contributed by atoms with Gasteiger partial charge in [-0.15, -0.1) is 0 Å². The SMILES string of the molecule is O=C(O)/C=C/C(=O)N[C@@H]1c2ccccc2C[C@@H]1O. The van der Waals surface area contributed by atoms with E-state index in [9.17, 15) is 14.7 Å². The van der Waals surface area contributed by atoms with Gasteiger partial charge in [0.15, 0.2) is 0 Å². The number of nitrogens with one attached hydrogen (secondary N) is 1. The van der Waals surface area contributed by atoms with E-state index in [1.807, 2.05) is 24.3 Å². The molecule has 1 aliphatic carbocycles. The van der Waals surface area contributed by atoms with Gasteiger partial charge in [0.05, 0.1) is 12.1 Å². The van der Waals surface area contributed by atoms with Crippen LogP contribution in [0, 0.1) is 0 Å². The minimum absolute atomic E-state index is 0.479. The highest BCUT2D eigenvalue weighted by atomic mass is 16.4. The highest BCUT2D eigenvalue weighted by Crippen LogP contribution is 2.30. The van der Waals surface area contributed by atoms with E-state index in [1.54, 1.807) is 0 Å². The quantitative estimate of drug-likeness (QED) is 0.675. The Morgan fingerprint density at radius 1 is 1.28 bits per heavy atom. The van der Waals surface area contributed by atoms with E-state index in [4.69, 9.17) is 5.11 Å². The molecule has 18 heavy (non-hydrogen) atoms. The molecular formula is C13H13NO4. The highest BCUT2D eigenvalue weighted by molar-refractivity contribution is 5.94. The van der Waals surface area contributed by atoms with Gasteiger partial charge in [0.1, 0.15) is 0 Å². The molecule has 0 fully saturated rings. The Hall–Kier alpha value is -2.14. The summed E-state index contributed by atoms with van der Waals surface area (Å²) in [6.45, 7) is 0. The maximum atomic E-state index is 11.5. The number of amides is 1. The molecule has 0 aliphatic heterocycles. The number of aliphatic hydroxyl groups excluding tert-OH is 1. The lowest BCUT2D eigenvalue weighted by molar-refractivity contribution is -0.131. The molecule has 5 nitrogen and oxygen atoms in total. The van der Waals surface area contributed by atoms with Crippen molar-refractivity contribution in [3.8, 4) is 0 Å². The summed E-state index contributed by atoms with van der Waals surface area (Å²) in [6, 6.07) is 6.98. The molecule has 2 rings (SSSR count). The van der Waals surface area contributed by atoms with Crippen LogP contribution >= 0.6 is 0 Å². The predicted molar refractivity (Wildman–Crippen MR) is 63.8 cm³/mol. The summed E-state index contributed by atoms with van der Waals surface area (Å²) in [5.74, 6) is -1.71. The topological polar surface area (TPSA) is 86.6 Å². The Balaban J connectivity index is 2.10. The largest absolute Gasteiger partial charge is 0.478 e. The fraction of sp³-hybridized carbons (Fsp3) is 0.231. The number of carbonyl (C=O) groups is 2. The first-order valence-electron chi connectivity index (χ1n) is 5.55. The van der Waals surface area contributed by atoms with Crippen molar-refractivity contribution in [2.24, 2.45) is 0 Å². The molecule has 0 unspecified atom stereocenters. The van der Waals surface area contributed by atoms with Gasteiger partial charge in [-0.1, -0.05) is 24.3 Å². The van der Waals surface area contributed by atoms with Gasteiger partial charge >= 0.3 is 5.97 Å². The summed E-state index contributed by atoms with van der Waals surface area (Å²) >= 11 is 0. The number of carboxylic acid groups (broad SMARTS) is 1. The number of aliphatic carboxylic acids is 1. The summed E-state index contributed by atoms with van der Waals surface area (Å²) in [5.41, 5.74) is 1.87. The van der Waals surface area contributed by atoms with Gasteiger partial charge in [-0.25, -0.2) is 4.79 Å². The highest BCUT2D eigenvalue weighted by Gasteiger charge is 2.31. The molecule has 2 atom stereocenters. The molecule has 1 aromatic rings. The molecule has 0 bridgehead atoms. The fourth-order valence-corrected chi connectivity index (χ4v) is 2.10. The van der Waals surface area contributed by atoms with E-state index in [0.717, 1.165) is 23.3 Å². The second kappa shape index (κ2) is 5.01. The lowest BCUT2D eigenvalue weighted by atomic mass is 10.1. The second-order valence-corrected chi connectivity index (χ2v) is 4.13. The number of benzene rings is 1. The smallest absolute Gasteiger partial charge is 0.328 e. The van der Waals surface area contributed by atoms with Crippen molar-refractivity contribution in [1.29, 1.82) is 0 Å². The maximum absolute atomic E-state index is 11.5. The first-order chi connectivity index (χ1) is 8.58. The number of hydrogen-bond acceptors (Lipinski definition) is 3. The maximum Gasteiger partial charge on any atom is 0.328 e. The molecule has 0 saturated heterocycles. The summed E-state index contributed by atoms with van der Waals surface area (Å²) in [5, 5.41) is 20.9. The summed E-state index contributed by atoms with van der Waals surface area (Å²) in [7, 11) is 0. The van der Waals surface area contributed by atoms with Crippen LogP contribution in [0.4, 0.5) is 0 Å². The van der Waals surface area contributed by atoms with Crippen LogP contribution in [-0.2, 0) is 16.0 Å². The number of aliphatic hydroxyl groups is 1.